The van der Waals surface area contributed by atoms with E-state index in [-0.39, 0.29) is 44.6 Å². The molecular formula is C35H43N9O4. The number of hydrogen-bond donors (Lipinski definition) is 8. The summed E-state index contributed by atoms with van der Waals surface area (Å²) in [5.74, 6) is -4.59. The topological polar surface area (TPSA) is 251 Å². The molecule has 48 heavy (non-hydrogen) atoms. The van der Waals surface area contributed by atoms with Crippen molar-refractivity contribution in [1.82, 2.24) is 15.6 Å². The molecular weight excluding hydrogens is 610 g/mol. The Balaban J connectivity index is 1.72. The summed E-state index contributed by atoms with van der Waals surface area (Å²) in [6.45, 7) is 0.0907. The first-order chi connectivity index (χ1) is 23.0. The van der Waals surface area contributed by atoms with Gasteiger partial charge in [-0.25, -0.2) is 0 Å². The summed E-state index contributed by atoms with van der Waals surface area (Å²) in [5, 5.41) is 6.41. The van der Waals surface area contributed by atoms with E-state index in [0.29, 0.717) is 5.56 Å². The maximum Gasteiger partial charge on any atom is 0.244 e. The third kappa shape index (κ3) is 8.97. The van der Waals surface area contributed by atoms with Crippen LogP contribution in [0.15, 0.2) is 96.1 Å². The van der Waals surface area contributed by atoms with Crippen molar-refractivity contribution in [2.75, 3.05) is 6.54 Å². The predicted molar refractivity (Wildman–Crippen MR) is 185 cm³/mol. The van der Waals surface area contributed by atoms with Crippen molar-refractivity contribution in [3.05, 3.63) is 108 Å². The standard InChI is InChI=1S/C35H43N9O4/c36-27(19-23-12-5-2-6-13-23)32(47)44-35(33(38)48,16-9-17-41-34(39)40)26(18-22-10-3-1-4-11-22)31(46)43-29(30(37)45)20-24-21-42-28-15-8-7-14-25(24)28/h1-8,10-15,21,26-27,29,42H,9,16-20,36H2,(H2,37,45)(H2,38,48)(H,43,46)(H,44,47)(H4,39,40,41)/t26-,27+,29+,35?/m1/s1. The molecule has 0 radical (unpaired) electrons. The average molecular weight is 654 g/mol. The van der Waals surface area contributed by atoms with Crippen molar-refractivity contribution in [2.45, 2.75) is 49.7 Å². The van der Waals surface area contributed by atoms with E-state index in [9.17, 15) is 19.2 Å². The van der Waals surface area contributed by atoms with Crippen LogP contribution < -0.4 is 39.3 Å². The highest BCUT2D eigenvalue weighted by molar-refractivity contribution is 5.98. The lowest BCUT2D eigenvalue weighted by atomic mass is 9.74. The SMILES string of the molecule is NC(=O)[C@H](Cc1c[nH]c2ccccc12)NC(=O)[C@@H](Cc1ccccc1)C(CCCN=C(N)N)(NC(=O)[C@@H](N)Cc1ccccc1)C(N)=O. The van der Waals surface area contributed by atoms with Gasteiger partial charge in [-0.1, -0.05) is 78.9 Å². The fourth-order valence-corrected chi connectivity index (χ4v) is 5.88. The molecule has 4 atom stereocenters. The summed E-state index contributed by atoms with van der Waals surface area (Å²) in [6, 6.07) is 23.4. The molecule has 4 aromatic rings. The van der Waals surface area contributed by atoms with Gasteiger partial charge in [-0.05, 0) is 48.4 Å². The first kappa shape index (κ1) is 35.2. The number of H-pyrrole nitrogens is 1. The van der Waals surface area contributed by atoms with Crippen LogP contribution in [-0.4, -0.2) is 58.7 Å². The average Bonchev–Trinajstić information content (AvgIpc) is 3.48. The quantitative estimate of drug-likeness (QED) is 0.0455. The maximum absolute atomic E-state index is 14.4. The number of rotatable bonds is 17. The molecule has 1 unspecified atom stereocenters. The number of benzene rings is 3. The molecule has 0 spiro atoms. The number of primary amides is 2. The van der Waals surface area contributed by atoms with E-state index in [4.69, 9.17) is 28.7 Å². The fraction of sp³-hybridized carbons (Fsp3) is 0.286. The number of guanidine groups is 1. The first-order valence-electron chi connectivity index (χ1n) is 15.7. The van der Waals surface area contributed by atoms with Gasteiger partial charge in [0, 0.05) is 30.1 Å². The second-order valence-electron chi connectivity index (χ2n) is 11.8. The molecule has 13 nitrogen and oxygen atoms in total. The zero-order valence-electron chi connectivity index (χ0n) is 26.6. The lowest BCUT2D eigenvalue weighted by Gasteiger charge is -2.39. The van der Waals surface area contributed by atoms with Crippen LogP contribution in [0.1, 0.15) is 29.5 Å². The number of carbonyl (C=O) groups is 4. The van der Waals surface area contributed by atoms with Crippen LogP contribution in [0.4, 0.5) is 0 Å². The van der Waals surface area contributed by atoms with E-state index in [0.717, 1.165) is 22.0 Å². The fourth-order valence-electron chi connectivity index (χ4n) is 5.88. The molecule has 0 bridgehead atoms. The van der Waals surface area contributed by atoms with Crippen molar-refractivity contribution in [2.24, 2.45) is 39.6 Å². The Morgan fingerprint density at radius 2 is 1.38 bits per heavy atom. The third-order valence-electron chi connectivity index (χ3n) is 8.40. The van der Waals surface area contributed by atoms with Crippen LogP contribution in [0.25, 0.3) is 10.9 Å². The number of aromatic nitrogens is 1. The predicted octanol–water partition coefficient (Wildman–Crippen LogP) is 0.503. The lowest BCUT2D eigenvalue weighted by Crippen LogP contribution is -2.68. The normalized spacial score (nSPS) is 14.2. The number of amides is 4. The number of aliphatic imine (C=N–C) groups is 1. The highest BCUT2D eigenvalue weighted by atomic mass is 16.2. The summed E-state index contributed by atoms with van der Waals surface area (Å²) in [4.78, 5) is 61.7. The van der Waals surface area contributed by atoms with Crippen LogP contribution in [0, 0.1) is 5.92 Å². The van der Waals surface area contributed by atoms with Gasteiger partial charge in [0.05, 0.1) is 12.0 Å². The van der Waals surface area contributed by atoms with E-state index in [1.54, 1.807) is 30.5 Å². The Labute approximate surface area is 278 Å². The van der Waals surface area contributed by atoms with Gasteiger partial charge in [-0.3, -0.25) is 24.2 Å². The summed E-state index contributed by atoms with van der Waals surface area (Å²) in [6.07, 6.45) is 2.02. The molecule has 3 aromatic carbocycles. The molecule has 4 amide bonds. The summed E-state index contributed by atoms with van der Waals surface area (Å²) in [5.41, 5.74) is 30.4. The van der Waals surface area contributed by atoms with Crippen molar-refractivity contribution in [3.8, 4) is 0 Å². The lowest BCUT2D eigenvalue weighted by molar-refractivity contribution is -0.141. The molecule has 4 rings (SSSR count). The molecule has 0 saturated heterocycles. The molecule has 13 heteroatoms. The second-order valence-corrected chi connectivity index (χ2v) is 11.8. The van der Waals surface area contributed by atoms with Gasteiger partial charge in [0.1, 0.15) is 11.6 Å². The van der Waals surface area contributed by atoms with Crippen molar-refractivity contribution in [1.29, 1.82) is 0 Å². The number of nitrogens with zero attached hydrogens (tertiary/aromatic N) is 1. The highest BCUT2D eigenvalue weighted by Crippen LogP contribution is 2.29. The highest BCUT2D eigenvalue weighted by Gasteiger charge is 2.49. The van der Waals surface area contributed by atoms with Crippen LogP contribution in [0.2, 0.25) is 0 Å². The number of nitrogens with two attached hydrogens (primary N) is 5. The van der Waals surface area contributed by atoms with Crippen LogP contribution >= 0.6 is 0 Å². The number of hydrogen-bond acceptors (Lipinski definition) is 6. The number of para-hydroxylation sites is 1. The van der Waals surface area contributed by atoms with E-state index >= 15 is 0 Å². The monoisotopic (exact) mass is 653 g/mol. The van der Waals surface area contributed by atoms with Crippen LogP contribution in [0.5, 0.6) is 0 Å². The third-order valence-corrected chi connectivity index (χ3v) is 8.40. The van der Waals surface area contributed by atoms with Gasteiger partial charge in [-0.15, -0.1) is 0 Å². The zero-order valence-corrected chi connectivity index (χ0v) is 26.6. The maximum atomic E-state index is 14.4. The summed E-state index contributed by atoms with van der Waals surface area (Å²) < 4.78 is 0. The largest absolute Gasteiger partial charge is 0.370 e. The molecule has 0 aliphatic heterocycles. The molecule has 1 aromatic heterocycles. The van der Waals surface area contributed by atoms with Crippen molar-refractivity contribution in [3.63, 3.8) is 0 Å². The Morgan fingerprint density at radius 1 is 0.771 bits per heavy atom. The van der Waals surface area contributed by atoms with Gasteiger partial charge in [0.2, 0.25) is 23.6 Å². The number of carbonyl (C=O) groups excluding carboxylic acids is 4. The van der Waals surface area contributed by atoms with Crippen molar-refractivity contribution < 1.29 is 19.2 Å². The molecule has 13 N–H and O–H groups in total. The summed E-state index contributed by atoms with van der Waals surface area (Å²) >= 11 is 0. The minimum atomic E-state index is -1.97. The Hall–Kier alpha value is -5.69. The Morgan fingerprint density at radius 3 is 1.98 bits per heavy atom. The van der Waals surface area contributed by atoms with E-state index in [1.165, 1.54) is 0 Å². The minimum Gasteiger partial charge on any atom is -0.370 e. The Kier molecular flexibility index (Phi) is 11.9. The summed E-state index contributed by atoms with van der Waals surface area (Å²) in [7, 11) is 0. The van der Waals surface area contributed by atoms with Gasteiger partial charge < -0.3 is 44.3 Å². The smallest absolute Gasteiger partial charge is 0.244 e. The molecule has 0 saturated carbocycles. The van der Waals surface area contributed by atoms with Gasteiger partial charge in [-0.2, -0.15) is 0 Å². The molecule has 0 aliphatic rings. The van der Waals surface area contributed by atoms with E-state index in [1.807, 2.05) is 60.7 Å². The minimum absolute atomic E-state index is 0.0231. The van der Waals surface area contributed by atoms with Gasteiger partial charge in [0.25, 0.3) is 0 Å². The Bertz CT molecular complexity index is 1740. The second kappa shape index (κ2) is 16.2. The van der Waals surface area contributed by atoms with E-state index < -0.39 is 47.2 Å². The zero-order chi connectivity index (χ0) is 34.7. The molecule has 0 aliphatic carbocycles. The molecule has 0 fully saturated rings. The van der Waals surface area contributed by atoms with Crippen LogP contribution in [-0.2, 0) is 38.4 Å². The van der Waals surface area contributed by atoms with Gasteiger partial charge in [0.15, 0.2) is 5.96 Å². The number of nitrogens with one attached hydrogen (secondary N) is 3. The van der Waals surface area contributed by atoms with Crippen LogP contribution in [0.3, 0.4) is 0 Å². The number of fused-ring (bicyclic) bond motifs is 1. The number of aromatic amines is 1. The van der Waals surface area contributed by atoms with Gasteiger partial charge >= 0.3 is 0 Å². The molecule has 1 heterocycles. The molecule has 252 valence electrons. The first-order valence-corrected chi connectivity index (χ1v) is 15.7. The van der Waals surface area contributed by atoms with Crippen molar-refractivity contribution >= 4 is 40.5 Å². The van der Waals surface area contributed by atoms with E-state index in [2.05, 4.69) is 20.6 Å².